The van der Waals surface area contributed by atoms with E-state index in [9.17, 15) is 0 Å². The van der Waals surface area contributed by atoms with Crippen LogP contribution in [0, 0.1) is 0 Å². The van der Waals surface area contributed by atoms with Crippen molar-refractivity contribution in [2.24, 2.45) is 0 Å². The van der Waals surface area contributed by atoms with Gasteiger partial charge in [0.15, 0.2) is 0 Å². The minimum atomic E-state index is 0.549. The molecule has 1 N–H and O–H groups in total. The summed E-state index contributed by atoms with van der Waals surface area (Å²) in [7, 11) is 0. The highest BCUT2D eigenvalue weighted by molar-refractivity contribution is 7.07. The SMILES string of the molecule is CC(C)c1cc(CC(C)c2ccsc2)cc2cc[nH]c12. The summed E-state index contributed by atoms with van der Waals surface area (Å²) < 4.78 is 0. The Hall–Kier alpha value is -1.54. The third-order valence-corrected chi connectivity index (χ3v) is 4.73. The van der Waals surface area contributed by atoms with Crippen LogP contribution in [0.3, 0.4) is 0 Å². The zero-order chi connectivity index (χ0) is 14.1. The van der Waals surface area contributed by atoms with Crippen molar-refractivity contribution >= 4 is 22.2 Å². The van der Waals surface area contributed by atoms with Gasteiger partial charge in [-0.25, -0.2) is 0 Å². The second-order valence-electron chi connectivity index (χ2n) is 5.94. The standard InChI is InChI=1S/C18H21NS/c1-12(2)17-10-14(9-15-4-6-19-18(15)17)8-13(3)16-5-7-20-11-16/h4-7,9-13,19H,8H2,1-3H3. The fourth-order valence-electron chi connectivity index (χ4n) is 2.87. The summed E-state index contributed by atoms with van der Waals surface area (Å²) >= 11 is 1.79. The van der Waals surface area contributed by atoms with Crippen LogP contribution in [0.15, 0.2) is 41.2 Å². The first-order valence-corrected chi connectivity index (χ1v) is 8.21. The number of H-pyrrole nitrogens is 1. The summed E-state index contributed by atoms with van der Waals surface area (Å²) in [6, 6.07) is 9.14. The molecular formula is C18H21NS. The van der Waals surface area contributed by atoms with Crippen LogP contribution in [0.4, 0.5) is 0 Å². The summed E-state index contributed by atoms with van der Waals surface area (Å²) in [4.78, 5) is 3.38. The molecule has 2 heteroatoms. The molecule has 1 unspecified atom stereocenters. The van der Waals surface area contributed by atoms with Gasteiger partial charge in [-0.1, -0.05) is 26.8 Å². The summed E-state index contributed by atoms with van der Waals surface area (Å²) in [6.07, 6.45) is 3.15. The maximum Gasteiger partial charge on any atom is 0.0489 e. The van der Waals surface area contributed by atoms with Gasteiger partial charge >= 0.3 is 0 Å². The van der Waals surface area contributed by atoms with Crippen LogP contribution in [0.1, 0.15) is 49.3 Å². The fourth-order valence-corrected chi connectivity index (χ4v) is 3.65. The Balaban J connectivity index is 1.95. The van der Waals surface area contributed by atoms with E-state index in [2.05, 4.69) is 60.8 Å². The molecule has 0 fully saturated rings. The Morgan fingerprint density at radius 2 is 2.00 bits per heavy atom. The molecule has 3 rings (SSSR count). The molecule has 0 aliphatic rings. The van der Waals surface area contributed by atoms with E-state index in [0.717, 1.165) is 6.42 Å². The predicted octanol–water partition coefficient (Wildman–Crippen LogP) is 5.70. The first kappa shape index (κ1) is 13.4. The second-order valence-corrected chi connectivity index (χ2v) is 6.72. The number of nitrogens with one attached hydrogen (secondary N) is 1. The lowest BCUT2D eigenvalue weighted by Gasteiger charge is -2.14. The number of fused-ring (bicyclic) bond motifs is 1. The number of rotatable bonds is 4. The summed E-state index contributed by atoms with van der Waals surface area (Å²) in [5.74, 6) is 1.13. The topological polar surface area (TPSA) is 15.8 Å². The van der Waals surface area contributed by atoms with Crippen LogP contribution >= 0.6 is 11.3 Å². The van der Waals surface area contributed by atoms with E-state index < -0.39 is 0 Å². The molecule has 0 bridgehead atoms. The number of hydrogen-bond donors (Lipinski definition) is 1. The molecule has 1 atom stereocenters. The van der Waals surface area contributed by atoms with Gasteiger partial charge in [0.05, 0.1) is 0 Å². The lowest BCUT2D eigenvalue weighted by Crippen LogP contribution is -1.99. The number of thiophene rings is 1. The van der Waals surface area contributed by atoms with Crippen molar-refractivity contribution in [3.63, 3.8) is 0 Å². The van der Waals surface area contributed by atoms with E-state index in [-0.39, 0.29) is 0 Å². The van der Waals surface area contributed by atoms with Gasteiger partial charge in [0.1, 0.15) is 0 Å². The second kappa shape index (κ2) is 5.45. The average Bonchev–Trinajstić information content (AvgIpc) is 3.08. The van der Waals surface area contributed by atoms with Crippen molar-refractivity contribution in [3.8, 4) is 0 Å². The molecule has 20 heavy (non-hydrogen) atoms. The highest BCUT2D eigenvalue weighted by Crippen LogP contribution is 2.29. The highest BCUT2D eigenvalue weighted by atomic mass is 32.1. The fraction of sp³-hybridized carbons (Fsp3) is 0.333. The molecule has 0 spiro atoms. The van der Waals surface area contributed by atoms with Gasteiger partial charge in [0, 0.05) is 11.7 Å². The lowest BCUT2D eigenvalue weighted by atomic mass is 9.91. The third-order valence-electron chi connectivity index (χ3n) is 4.03. The molecule has 0 saturated carbocycles. The van der Waals surface area contributed by atoms with Gasteiger partial charge in [-0.3, -0.25) is 0 Å². The van der Waals surface area contributed by atoms with Crippen molar-refractivity contribution in [3.05, 3.63) is 57.9 Å². The van der Waals surface area contributed by atoms with Gasteiger partial charge in [-0.2, -0.15) is 11.3 Å². The van der Waals surface area contributed by atoms with Crippen LogP contribution in [0.2, 0.25) is 0 Å². The quantitative estimate of drug-likeness (QED) is 0.632. The van der Waals surface area contributed by atoms with Crippen molar-refractivity contribution in [1.29, 1.82) is 0 Å². The molecule has 0 radical (unpaired) electrons. The molecule has 1 aromatic carbocycles. The van der Waals surface area contributed by atoms with Crippen molar-refractivity contribution in [1.82, 2.24) is 4.98 Å². The van der Waals surface area contributed by atoms with E-state index in [0.29, 0.717) is 11.8 Å². The zero-order valence-electron chi connectivity index (χ0n) is 12.3. The number of aromatic nitrogens is 1. The predicted molar refractivity (Wildman–Crippen MR) is 88.8 cm³/mol. The Labute approximate surface area is 124 Å². The smallest absolute Gasteiger partial charge is 0.0489 e. The number of aromatic amines is 1. The molecule has 2 aromatic heterocycles. The molecule has 0 amide bonds. The van der Waals surface area contributed by atoms with Crippen molar-refractivity contribution < 1.29 is 0 Å². The maximum absolute atomic E-state index is 3.38. The van der Waals surface area contributed by atoms with Crippen LogP contribution in [0.25, 0.3) is 10.9 Å². The van der Waals surface area contributed by atoms with Crippen LogP contribution in [-0.2, 0) is 6.42 Å². The third kappa shape index (κ3) is 2.53. The zero-order valence-corrected chi connectivity index (χ0v) is 13.1. The molecule has 3 aromatic rings. The first-order chi connectivity index (χ1) is 9.65. The van der Waals surface area contributed by atoms with E-state index >= 15 is 0 Å². The van der Waals surface area contributed by atoms with Crippen LogP contribution in [0.5, 0.6) is 0 Å². The minimum absolute atomic E-state index is 0.549. The maximum atomic E-state index is 3.38. The average molecular weight is 283 g/mol. The Bertz CT molecular complexity index is 691. The van der Waals surface area contributed by atoms with Crippen molar-refractivity contribution in [2.45, 2.75) is 39.0 Å². The normalized spacial score (nSPS) is 13.2. The minimum Gasteiger partial charge on any atom is -0.361 e. The summed E-state index contributed by atoms with van der Waals surface area (Å²) in [5.41, 5.74) is 5.63. The number of benzene rings is 1. The molecule has 0 saturated heterocycles. The molecule has 2 heterocycles. The Morgan fingerprint density at radius 3 is 2.70 bits per heavy atom. The van der Waals surface area contributed by atoms with Gasteiger partial charge in [0.2, 0.25) is 0 Å². The summed E-state index contributed by atoms with van der Waals surface area (Å²) in [5, 5.41) is 5.77. The van der Waals surface area contributed by atoms with Gasteiger partial charge in [-0.15, -0.1) is 0 Å². The monoisotopic (exact) mass is 283 g/mol. The molecule has 104 valence electrons. The summed E-state index contributed by atoms with van der Waals surface area (Å²) in [6.45, 7) is 6.85. The number of hydrogen-bond acceptors (Lipinski definition) is 1. The van der Waals surface area contributed by atoms with Crippen LogP contribution < -0.4 is 0 Å². The van der Waals surface area contributed by atoms with Gasteiger partial charge in [0.25, 0.3) is 0 Å². The highest BCUT2D eigenvalue weighted by Gasteiger charge is 2.12. The first-order valence-electron chi connectivity index (χ1n) is 7.27. The molecule has 1 nitrogen and oxygen atoms in total. The molecular weight excluding hydrogens is 262 g/mol. The lowest BCUT2D eigenvalue weighted by molar-refractivity contribution is 0.760. The van der Waals surface area contributed by atoms with Gasteiger partial charge in [-0.05, 0) is 69.3 Å². The van der Waals surface area contributed by atoms with Crippen LogP contribution in [-0.4, -0.2) is 4.98 Å². The van der Waals surface area contributed by atoms with Crippen molar-refractivity contribution in [2.75, 3.05) is 0 Å². The molecule has 0 aliphatic carbocycles. The van der Waals surface area contributed by atoms with E-state index in [1.54, 1.807) is 11.3 Å². The van der Waals surface area contributed by atoms with E-state index in [1.807, 2.05) is 6.20 Å². The van der Waals surface area contributed by atoms with Gasteiger partial charge < -0.3 is 4.98 Å². The Kier molecular flexibility index (Phi) is 3.66. The Morgan fingerprint density at radius 1 is 1.15 bits per heavy atom. The van der Waals surface area contributed by atoms with E-state index in [1.165, 1.54) is 27.6 Å². The largest absolute Gasteiger partial charge is 0.361 e. The van der Waals surface area contributed by atoms with E-state index in [4.69, 9.17) is 0 Å². The molecule has 0 aliphatic heterocycles.